The largest absolute Gasteiger partial charge is 0.632 e. The summed E-state index contributed by atoms with van der Waals surface area (Å²) < 4.78 is 3.03. The zero-order chi connectivity index (χ0) is 15.0. The van der Waals surface area contributed by atoms with Gasteiger partial charge in [0.15, 0.2) is 19.7 Å². The number of fused-ring (bicyclic) bond motifs is 1. The first-order chi connectivity index (χ1) is 10.1. The van der Waals surface area contributed by atoms with Crippen LogP contribution in [0.25, 0.3) is 0 Å². The molecule has 2 aromatic rings. The summed E-state index contributed by atoms with van der Waals surface area (Å²) in [7, 11) is 3.41. The number of hydrogen-bond acceptors (Lipinski definition) is 4. The van der Waals surface area contributed by atoms with Crippen molar-refractivity contribution >= 4 is 5.82 Å². The van der Waals surface area contributed by atoms with Gasteiger partial charge in [-0.15, -0.1) is 0 Å². The second-order valence-electron chi connectivity index (χ2n) is 5.38. The zero-order valence-electron chi connectivity index (χ0n) is 12.2. The maximum atomic E-state index is 10.3. The van der Waals surface area contributed by atoms with Gasteiger partial charge in [0.25, 0.3) is 5.82 Å². The van der Waals surface area contributed by atoms with Crippen LogP contribution in [0.5, 0.6) is 11.9 Å². The van der Waals surface area contributed by atoms with Crippen LogP contribution >= 0.6 is 0 Å². The summed E-state index contributed by atoms with van der Waals surface area (Å²) in [4.78, 5) is 2.20. The minimum absolute atomic E-state index is 0.00950. The van der Waals surface area contributed by atoms with Gasteiger partial charge in [-0.2, -0.15) is 0 Å². The van der Waals surface area contributed by atoms with Crippen molar-refractivity contribution in [1.29, 1.82) is 0 Å². The van der Waals surface area contributed by atoms with Crippen LogP contribution in [0.15, 0.2) is 30.3 Å². The number of anilines is 1. The van der Waals surface area contributed by atoms with Gasteiger partial charge >= 0.3 is 11.9 Å². The Morgan fingerprint density at radius 1 is 1.14 bits per heavy atom. The van der Waals surface area contributed by atoms with Crippen molar-refractivity contribution in [3.8, 4) is 11.9 Å². The number of benzene rings is 1. The highest BCUT2D eigenvalue weighted by molar-refractivity contribution is 5.45. The fourth-order valence-electron chi connectivity index (χ4n) is 2.72. The first-order valence-electron chi connectivity index (χ1n) is 6.91. The molecule has 0 spiro atoms. The monoisotopic (exact) mass is 288 g/mol. The number of nitrogens with zero attached hydrogens (tertiary/aromatic N) is 3. The molecule has 3 rings (SSSR count). The number of aromatic nitrogens is 2. The summed E-state index contributed by atoms with van der Waals surface area (Å²) in [6, 6.07) is 10.2. The van der Waals surface area contributed by atoms with Gasteiger partial charge in [-0.05, 0) is 5.56 Å². The Hall–Kier alpha value is -2.34. The van der Waals surface area contributed by atoms with E-state index in [2.05, 4.69) is 22.3 Å². The molecular formula is C15H20N4O2+2. The molecule has 0 atom stereocenters. The van der Waals surface area contributed by atoms with E-state index in [-0.39, 0.29) is 11.9 Å². The van der Waals surface area contributed by atoms with Crippen molar-refractivity contribution in [2.24, 2.45) is 14.1 Å². The van der Waals surface area contributed by atoms with Crippen molar-refractivity contribution in [2.75, 3.05) is 12.0 Å². The number of hydrogen-bond donors (Lipinski definition) is 3. The molecule has 1 aromatic heterocycles. The van der Waals surface area contributed by atoms with Crippen LogP contribution in [0.1, 0.15) is 11.1 Å². The average molecular weight is 288 g/mol. The second kappa shape index (κ2) is 5.21. The van der Waals surface area contributed by atoms with Crippen LogP contribution < -0.4 is 14.5 Å². The van der Waals surface area contributed by atoms with Crippen LogP contribution in [0.4, 0.5) is 5.82 Å². The van der Waals surface area contributed by atoms with Crippen molar-refractivity contribution in [3.05, 3.63) is 41.5 Å². The Morgan fingerprint density at radius 3 is 2.57 bits per heavy atom. The molecule has 0 saturated carbocycles. The number of rotatable bonds is 2. The molecule has 6 nitrogen and oxygen atoms in total. The van der Waals surface area contributed by atoms with E-state index in [0.29, 0.717) is 13.2 Å². The van der Waals surface area contributed by atoms with E-state index < -0.39 is 0 Å². The molecule has 1 aliphatic heterocycles. The third-order valence-electron chi connectivity index (χ3n) is 3.91. The van der Waals surface area contributed by atoms with Crippen LogP contribution in [-0.2, 0) is 27.2 Å². The SMILES string of the molecule is C[n+]1c(O)c2c([n+](C)c1O)NCN(Cc1ccccc1)C2. The third-order valence-corrected chi connectivity index (χ3v) is 3.91. The lowest BCUT2D eigenvalue weighted by Crippen LogP contribution is -2.49. The third kappa shape index (κ3) is 2.38. The topological polar surface area (TPSA) is 63.5 Å². The van der Waals surface area contributed by atoms with Gasteiger partial charge in [-0.25, -0.2) is 0 Å². The lowest BCUT2D eigenvalue weighted by Gasteiger charge is -2.26. The predicted molar refractivity (Wildman–Crippen MR) is 76.3 cm³/mol. The molecule has 0 amide bonds. The maximum Gasteiger partial charge on any atom is 0.632 e. The summed E-state index contributed by atoms with van der Waals surface area (Å²) in [5.41, 5.74) is 2.02. The standard InChI is InChI=1S/C15H18N4O2/c1-17-13-12(14(20)18(2)15(17)21)9-19(10-16-13)8-11-6-4-3-5-7-11/h3-7H,8-10H2,1-2H3,(H,16,20)/p+2. The van der Waals surface area contributed by atoms with Gasteiger partial charge in [0, 0.05) is 13.1 Å². The molecular weight excluding hydrogens is 268 g/mol. The molecule has 3 N–H and O–H groups in total. The molecule has 0 aliphatic carbocycles. The van der Waals surface area contributed by atoms with E-state index in [0.717, 1.165) is 17.9 Å². The van der Waals surface area contributed by atoms with Crippen LogP contribution in [-0.4, -0.2) is 21.8 Å². The van der Waals surface area contributed by atoms with E-state index in [4.69, 9.17) is 0 Å². The molecule has 0 radical (unpaired) electrons. The fourth-order valence-corrected chi connectivity index (χ4v) is 2.72. The van der Waals surface area contributed by atoms with Gasteiger partial charge in [0.05, 0.1) is 6.67 Å². The van der Waals surface area contributed by atoms with E-state index >= 15 is 0 Å². The van der Waals surface area contributed by atoms with Crippen molar-refractivity contribution in [2.45, 2.75) is 13.1 Å². The Labute approximate surface area is 123 Å². The Bertz CT molecular complexity index is 673. The summed E-state index contributed by atoms with van der Waals surface area (Å²) in [5, 5.41) is 23.5. The Balaban J connectivity index is 1.89. The Morgan fingerprint density at radius 2 is 1.86 bits per heavy atom. The van der Waals surface area contributed by atoms with Crippen LogP contribution in [0, 0.1) is 0 Å². The summed E-state index contributed by atoms with van der Waals surface area (Å²) >= 11 is 0. The number of nitrogens with one attached hydrogen (secondary N) is 1. The molecule has 1 aliphatic rings. The second-order valence-corrected chi connectivity index (χ2v) is 5.38. The molecule has 6 heteroatoms. The van der Waals surface area contributed by atoms with Gasteiger partial charge in [-0.3, -0.25) is 4.90 Å². The van der Waals surface area contributed by atoms with E-state index in [1.165, 1.54) is 10.1 Å². The molecule has 110 valence electrons. The molecule has 1 aromatic carbocycles. The summed E-state index contributed by atoms with van der Waals surface area (Å²) in [6.07, 6.45) is 0. The van der Waals surface area contributed by atoms with Gasteiger partial charge < -0.3 is 15.5 Å². The quantitative estimate of drug-likeness (QED) is 0.688. The first-order valence-corrected chi connectivity index (χ1v) is 6.91. The molecule has 2 heterocycles. The van der Waals surface area contributed by atoms with E-state index in [9.17, 15) is 10.2 Å². The van der Waals surface area contributed by atoms with Crippen molar-refractivity contribution in [3.63, 3.8) is 0 Å². The average Bonchev–Trinajstić information content (AvgIpc) is 2.52. The first kappa shape index (κ1) is 13.6. The summed E-state index contributed by atoms with van der Waals surface area (Å²) in [6.45, 7) is 2.11. The molecule has 0 unspecified atom stereocenters. The van der Waals surface area contributed by atoms with Crippen LogP contribution in [0.2, 0.25) is 0 Å². The molecule has 21 heavy (non-hydrogen) atoms. The molecule has 0 fully saturated rings. The van der Waals surface area contributed by atoms with Gasteiger partial charge in [0.1, 0.15) is 0 Å². The molecule has 0 saturated heterocycles. The van der Waals surface area contributed by atoms with Gasteiger partial charge in [-0.1, -0.05) is 39.5 Å². The van der Waals surface area contributed by atoms with Crippen molar-refractivity contribution < 1.29 is 19.3 Å². The van der Waals surface area contributed by atoms with Crippen LogP contribution in [0.3, 0.4) is 0 Å². The smallest absolute Gasteiger partial charge is 0.459 e. The zero-order valence-corrected chi connectivity index (χ0v) is 12.2. The van der Waals surface area contributed by atoms with E-state index in [1.807, 2.05) is 18.2 Å². The maximum absolute atomic E-state index is 10.3. The van der Waals surface area contributed by atoms with E-state index in [1.54, 1.807) is 18.7 Å². The summed E-state index contributed by atoms with van der Waals surface area (Å²) in [5.74, 6) is 0.846. The highest BCUT2D eigenvalue weighted by Crippen LogP contribution is 2.26. The minimum Gasteiger partial charge on any atom is -0.459 e. The fraction of sp³-hybridized carbons (Fsp3) is 0.333. The lowest BCUT2D eigenvalue weighted by molar-refractivity contribution is -0.807. The highest BCUT2D eigenvalue weighted by Gasteiger charge is 2.37. The predicted octanol–water partition coefficient (Wildman–Crippen LogP) is 0.132. The van der Waals surface area contributed by atoms with Crippen molar-refractivity contribution in [1.82, 2.24) is 4.90 Å². The Kier molecular flexibility index (Phi) is 3.39. The highest BCUT2D eigenvalue weighted by atomic mass is 16.3. The number of aromatic hydroxyl groups is 2. The lowest BCUT2D eigenvalue weighted by atomic mass is 10.1. The minimum atomic E-state index is 0.00950. The van der Waals surface area contributed by atoms with Gasteiger partial charge in [0.2, 0.25) is 0 Å². The normalized spacial score (nSPS) is 14.6. The molecule has 0 bridgehead atoms.